The van der Waals surface area contributed by atoms with Gasteiger partial charge in [0.15, 0.2) is 0 Å². The fourth-order valence-electron chi connectivity index (χ4n) is 2.52. The van der Waals surface area contributed by atoms with Gasteiger partial charge in [0.25, 0.3) is 0 Å². The molecule has 1 aromatic carbocycles. The van der Waals surface area contributed by atoms with Gasteiger partial charge in [-0.2, -0.15) is 0 Å². The summed E-state index contributed by atoms with van der Waals surface area (Å²) in [4.78, 5) is 0. The third kappa shape index (κ3) is 1.53. The Morgan fingerprint density at radius 1 is 1.13 bits per heavy atom. The van der Waals surface area contributed by atoms with Crippen molar-refractivity contribution in [3.8, 4) is 0 Å². The van der Waals surface area contributed by atoms with Crippen LogP contribution in [0.15, 0.2) is 42.5 Å². The molecule has 15 heavy (non-hydrogen) atoms. The van der Waals surface area contributed by atoms with Crippen LogP contribution in [0.25, 0.3) is 6.08 Å². The van der Waals surface area contributed by atoms with Gasteiger partial charge in [-0.1, -0.05) is 48.6 Å². The Morgan fingerprint density at radius 3 is 3.07 bits per heavy atom. The molecule has 3 rings (SSSR count). The van der Waals surface area contributed by atoms with E-state index in [0.717, 1.165) is 13.0 Å². The molecule has 1 aliphatic carbocycles. The van der Waals surface area contributed by atoms with Crippen molar-refractivity contribution in [1.82, 2.24) is 5.32 Å². The smallest absolute Gasteiger partial charge is 0.0395 e. The molecule has 1 heteroatoms. The highest BCUT2D eigenvalue weighted by atomic mass is 14.9. The summed E-state index contributed by atoms with van der Waals surface area (Å²) in [6.07, 6.45) is 10.3. The van der Waals surface area contributed by atoms with E-state index in [-0.39, 0.29) is 0 Å². The first kappa shape index (κ1) is 8.93. The van der Waals surface area contributed by atoms with E-state index in [4.69, 9.17) is 0 Å². The zero-order valence-electron chi connectivity index (χ0n) is 8.69. The van der Waals surface area contributed by atoms with Gasteiger partial charge in [0.2, 0.25) is 0 Å². The molecule has 2 unspecified atom stereocenters. The lowest BCUT2D eigenvalue weighted by Crippen LogP contribution is -2.28. The molecule has 0 fully saturated rings. The number of hydrogen-bond acceptors (Lipinski definition) is 1. The van der Waals surface area contributed by atoms with Gasteiger partial charge in [0, 0.05) is 18.5 Å². The summed E-state index contributed by atoms with van der Waals surface area (Å²) in [7, 11) is 0. The molecule has 1 nitrogen and oxygen atoms in total. The highest BCUT2D eigenvalue weighted by Gasteiger charge is 2.25. The second kappa shape index (κ2) is 3.67. The minimum Gasteiger partial charge on any atom is -0.306 e. The molecule has 0 amide bonds. The number of rotatable bonds is 0. The number of hydrogen-bond donors (Lipinski definition) is 1. The predicted octanol–water partition coefficient (Wildman–Crippen LogP) is 2.92. The second-order valence-corrected chi connectivity index (χ2v) is 4.24. The Bertz CT molecular complexity index is 417. The monoisotopic (exact) mass is 197 g/mol. The van der Waals surface area contributed by atoms with E-state index >= 15 is 0 Å². The Morgan fingerprint density at radius 2 is 2.07 bits per heavy atom. The summed E-state index contributed by atoms with van der Waals surface area (Å²) in [5.74, 6) is 0.624. The Kier molecular flexibility index (Phi) is 2.18. The zero-order chi connectivity index (χ0) is 10.1. The SMILES string of the molecule is C1=CCC2C=Cc3ccccc3C2NC1. The largest absolute Gasteiger partial charge is 0.306 e. The Labute approximate surface area is 90.5 Å². The molecule has 76 valence electrons. The molecule has 1 N–H and O–H groups in total. The van der Waals surface area contributed by atoms with Crippen molar-refractivity contribution in [2.24, 2.45) is 5.92 Å². The van der Waals surface area contributed by atoms with Gasteiger partial charge in [0.05, 0.1) is 0 Å². The van der Waals surface area contributed by atoms with Crippen LogP contribution in [-0.2, 0) is 0 Å². The van der Waals surface area contributed by atoms with Crippen LogP contribution in [0.3, 0.4) is 0 Å². The lowest BCUT2D eigenvalue weighted by Gasteiger charge is -2.28. The molecule has 0 bridgehead atoms. The van der Waals surface area contributed by atoms with Gasteiger partial charge >= 0.3 is 0 Å². The van der Waals surface area contributed by atoms with Crippen molar-refractivity contribution in [3.05, 3.63) is 53.6 Å². The molecule has 1 aliphatic heterocycles. The van der Waals surface area contributed by atoms with Crippen LogP contribution in [0, 0.1) is 5.92 Å². The molecule has 1 heterocycles. The summed E-state index contributed by atoms with van der Waals surface area (Å²) < 4.78 is 0. The number of nitrogens with one attached hydrogen (secondary N) is 1. The first-order valence-corrected chi connectivity index (χ1v) is 5.61. The number of allylic oxidation sites excluding steroid dienone is 1. The first-order chi connectivity index (χ1) is 7.45. The molecule has 0 saturated heterocycles. The molecule has 0 aromatic heterocycles. The summed E-state index contributed by atoms with van der Waals surface area (Å²) >= 11 is 0. The lowest BCUT2D eigenvalue weighted by molar-refractivity contribution is 0.447. The van der Waals surface area contributed by atoms with Gasteiger partial charge in [-0.05, 0) is 17.5 Å². The molecule has 0 saturated carbocycles. The quantitative estimate of drug-likeness (QED) is 0.630. The fourth-order valence-corrected chi connectivity index (χ4v) is 2.52. The van der Waals surface area contributed by atoms with Crippen molar-refractivity contribution in [3.63, 3.8) is 0 Å². The van der Waals surface area contributed by atoms with E-state index in [2.05, 4.69) is 53.9 Å². The van der Waals surface area contributed by atoms with Crippen LogP contribution in [-0.4, -0.2) is 6.54 Å². The first-order valence-electron chi connectivity index (χ1n) is 5.61. The predicted molar refractivity (Wildman–Crippen MR) is 63.5 cm³/mol. The highest BCUT2D eigenvalue weighted by Crippen LogP contribution is 2.34. The van der Waals surface area contributed by atoms with Gasteiger partial charge in [-0.3, -0.25) is 0 Å². The minimum atomic E-state index is 0.501. The fraction of sp³-hybridized carbons (Fsp3) is 0.286. The van der Waals surface area contributed by atoms with Gasteiger partial charge < -0.3 is 5.32 Å². The van der Waals surface area contributed by atoms with E-state index in [9.17, 15) is 0 Å². The number of fused-ring (bicyclic) bond motifs is 3. The molecule has 1 aromatic rings. The lowest BCUT2D eigenvalue weighted by atomic mass is 9.83. The molecular weight excluding hydrogens is 182 g/mol. The summed E-state index contributed by atoms with van der Waals surface area (Å²) in [6.45, 7) is 0.989. The van der Waals surface area contributed by atoms with Gasteiger partial charge in [0.1, 0.15) is 0 Å². The highest BCUT2D eigenvalue weighted by molar-refractivity contribution is 5.58. The van der Waals surface area contributed by atoms with Crippen LogP contribution in [0.1, 0.15) is 23.6 Å². The van der Waals surface area contributed by atoms with Crippen LogP contribution >= 0.6 is 0 Å². The molecular formula is C14H15N. The standard InChI is InChI=1S/C14H15N/c1-2-7-13-11(5-1)8-9-12-6-3-4-10-15-14(12)13/h1-5,7-9,12,14-15H,6,10H2. The van der Waals surface area contributed by atoms with Crippen molar-refractivity contribution in [2.75, 3.05) is 6.54 Å². The average molecular weight is 197 g/mol. The maximum atomic E-state index is 3.60. The maximum Gasteiger partial charge on any atom is 0.0395 e. The van der Waals surface area contributed by atoms with Crippen molar-refractivity contribution >= 4 is 6.08 Å². The topological polar surface area (TPSA) is 12.0 Å². The van der Waals surface area contributed by atoms with E-state index < -0.39 is 0 Å². The summed E-state index contributed by atoms with van der Waals surface area (Å²) in [6, 6.07) is 9.19. The van der Waals surface area contributed by atoms with E-state index in [1.54, 1.807) is 0 Å². The molecule has 0 spiro atoms. The van der Waals surface area contributed by atoms with Crippen molar-refractivity contribution < 1.29 is 0 Å². The van der Waals surface area contributed by atoms with Crippen molar-refractivity contribution in [1.29, 1.82) is 0 Å². The summed E-state index contributed by atoms with van der Waals surface area (Å²) in [5.41, 5.74) is 2.82. The normalized spacial score (nSPS) is 28.0. The second-order valence-electron chi connectivity index (χ2n) is 4.24. The third-order valence-electron chi connectivity index (χ3n) is 3.31. The van der Waals surface area contributed by atoms with Gasteiger partial charge in [-0.15, -0.1) is 0 Å². The van der Waals surface area contributed by atoms with Crippen LogP contribution < -0.4 is 5.32 Å². The van der Waals surface area contributed by atoms with Crippen molar-refractivity contribution in [2.45, 2.75) is 12.5 Å². The van der Waals surface area contributed by atoms with E-state index in [1.165, 1.54) is 11.1 Å². The Balaban J connectivity index is 2.03. The maximum absolute atomic E-state index is 3.60. The third-order valence-corrected chi connectivity index (χ3v) is 3.31. The molecule has 2 atom stereocenters. The average Bonchev–Trinajstić information content (AvgIpc) is 2.54. The Hall–Kier alpha value is -1.34. The van der Waals surface area contributed by atoms with E-state index in [0.29, 0.717) is 12.0 Å². The minimum absolute atomic E-state index is 0.501. The molecule has 2 aliphatic rings. The summed E-state index contributed by atoms with van der Waals surface area (Å²) in [5, 5.41) is 3.60. The molecule has 0 radical (unpaired) electrons. The van der Waals surface area contributed by atoms with Crippen LogP contribution in [0.5, 0.6) is 0 Å². The van der Waals surface area contributed by atoms with E-state index in [1.807, 2.05) is 0 Å². The number of benzene rings is 1. The van der Waals surface area contributed by atoms with Crippen LogP contribution in [0.2, 0.25) is 0 Å². The zero-order valence-corrected chi connectivity index (χ0v) is 8.69. The van der Waals surface area contributed by atoms with Crippen LogP contribution in [0.4, 0.5) is 0 Å². The van der Waals surface area contributed by atoms with Gasteiger partial charge in [-0.25, -0.2) is 0 Å².